The molecule has 4 N–H and O–H groups in total. The van der Waals surface area contributed by atoms with Gasteiger partial charge in [-0.2, -0.15) is 4.37 Å². The van der Waals surface area contributed by atoms with E-state index in [9.17, 15) is 9.59 Å². The molecule has 11 heteroatoms. The molecule has 0 saturated carbocycles. The van der Waals surface area contributed by atoms with Gasteiger partial charge in [0.25, 0.3) is 5.91 Å². The molecule has 3 amide bonds. The SMILES string of the molecule is Cc1cc(Nc2nc(N[C@@H]3CCCCN(C(=O)N(C)C)C3)cnc2C(N)=O)sn1. The minimum absolute atomic E-state index is 0.00298. The number of aromatic nitrogens is 3. The Kier molecular flexibility index (Phi) is 6.47. The van der Waals surface area contributed by atoms with Crippen molar-refractivity contribution in [2.75, 3.05) is 37.8 Å². The number of primary amides is 1. The van der Waals surface area contributed by atoms with Crippen LogP contribution >= 0.6 is 11.5 Å². The highest BCUT2D eigenvalue weighted by Gasteiger charge is 2.24. The highest BCUT2D eigenvalue weighted by atomic mass is 32.1. The Balaban J connectivity index is 1.78. The number of aryl methyl sites for hydroxylation is 1. The van der Waals surface area contributed by atoms with Crippen molar-refractivity contribution in [2.45, 2.75) is 32.2 Å². The van der Waals surface area contributed by atoms with Crippen molar-refractivity contribution in [1.29, 1.82) is 0 Å². The number of amides is 3. The van der Waals surface area contributed by atoms with Gasteiger partial charge in [0.2, 0.25) is 0 Å². The third kappa shape index (κ3) is 5.31. The molecule has 29 heavy (non-hydrogen) atoms. The monoisotopic (exact) mass is 418 g/mol. The van der Waals surface area contributed by atoms with E-state index < -0.39 is 5.91 Å². The van der Waals surface area contributed by atoms with Crippen LogP contribution in [0.5, 0.6) is 0 Å². The molecule has 1 aliphatic heterocycles. The fourth-order valence-corrected chi connectivity index (χ4v) is 3.85. The van der Waals surface area contributed by atoms with Gasteiger partial charge in [0.15, 0.2) is 11.5 Å². The van der Waals surface area contributed by atoms with Gasteiger partial charge in [0.05, 0.1) is 11.9 Å². The highest BCUT2D eigenvalue weighted by Crippen LogP contribution is 2.24. The predicted molar refractivity (Wildman–Crippen MR) is 113 cm³/mol. The van der Waals surface area contributed by atoms with Crippen LogP contribution in [0.1, 0.15) is 35.4 Å². The Bertz CT molecular complexity index is 884. The summed E-state index contributed by atoms with van der Waals surface area (Å²) in [6, 6.07) is 1.89. The van der Waals surface area contributed by atoms with Gasteiger partial charge in [0.1, 0.15) is 10.8 Å². The molecule has 0 aromatic carbocycles. The quantitative estimate of drug-likeness (QED) is 0.677. The number of hydrogen-bond acceptors (Lipinski definition) is 8. The first-order valence-corrected chi connectivity index (χ1v) is 10.2. The standard InChI is InChI=1S/C18H26N8O2S/c1-11-8-14(29-24-11)23-17-15(16(19)27)20-9-13(22-17)21-12-6-4-5-7-26(10-12)18(28)25(2)3/h8-9,12H,4-7,10H2,1-3H3,(H2,19,27)(H2,21,22,23)/t12-/m1/s1. The molecule has 1 aliphatic rings. The summed E-state index contributed by atoms with van der Waals surface area (Å²) in [4.78, 5) is 36.2. The first-order chi connectivity index (χ1) is 13.8. The Morgan fingerprint density at radius 2 is 2.14 bits per heavy atom. The maximum absolute atomic E-state index is 12.4. The van der Waals surface area contributed by atoms with Crippen LogP contribution in [0.25, 0.3) is 0 Å². The third-order valence-corrected chi connectivity index (χ3v) is 5.35. The Labute approximate surface area is 173 Å². The second-order valence-corrected chi connectivity index (χ2v) is 8.04. The molecule has 0 aliphatic carbocycles. The van der Waals surface area contributed by atoms with Crippen LogP contribution in [0.2, 0.25) is 0 Å². The number of anilines is 3. The van der Waals surface area contributed by atoms with Crippen LogP contribution < -0.4 is 16.4 Å². The molecule has 0 radical (unpaired) electrons. The summed E-state index contributed by atoms with van der Waals surface area (Å²) < 4.78 is 4.21. The summed E-state index contributed by atoms with van der Waals surface area (Å²) in [6.45, 7) is 3.19. The maximum Gasteiger partial charge on any atom is 0.319 e. The molecule has 3 heterocycles. The van der Waals surface area contributed by atoms with Crippen molar-refractivity contribution in [2.24, 2.45) is 5.73 Å². The molecule has 1 fully saturated rings. The number of rotatable bonds is 5. The van der Waals surface area contributed by atoms with Gasteiger partial charge >= 0.3 is 6.03 Å². The lowest BCUT2D eigenvalue weighted by Gasteiger charge is -2.28. The molecular weight excluding hydrogens is 392 g/mol. The Morgan fingerprint density at radius 1 is 1.34 bits per heavy atom. The normalized spacial score (nSPS) is 16.8. The number of nitrogens with one attached hydrogen (secondary N) is 2. The van der Waals surface area contributed by atoms with Crippen LogP contribution in [-0.2, 0) is 0 Å². The number of hydrogen-bond donors (Lipinski definition) is 3. The first-order valence-electron chi connectivity index (χ1n) is 9.43. The van der Waals surface area contributed by atoms with Crippen LogP contribution in [0.3, 0.4) is 0 Å². The smallest absolute Gasteiger partial charge is 0.319 e. The van der Waals surface area contributed by atoms with E-state index in [0.29, 0.717) is 12.4 Å². The summed E-state index contributed by atoms with van der Waals surface area (Å²) in [7, 11) is 3.51. The zero-order chi connectivity index (χ0) is 21.0. The molecule has 0 bridgehead atoms. The van der Waals surface area contributed by atoms with E-state index in [-0.39, 0.29) is 23.6 Å². The maximum atomic E-state index is 12.4. The van der Waals surface area contributed by atoms with Crippen LogP contribution in [0.15, 0.2) is 12.3 Å². The first kappa shape index (κ1) is 20.8. The fourth-order valence-electron chi connectivity index (χ4n) is 3.19. The van der Waals surface area contributed by atoms with Crippen molar-refractivity contribution < 1.29 is 9.59 Å². The second kappa shape index (κ2) is 9.03. The van der Waals surface area contributed by atoms with E-state index >= 15 is 0 Å². The molecule has 2 aromatic heterocycles. The van der Waals surface area contributed by atoms with Crippen molar-refractivity contribution in [1.82, 2.24) is 24.1 Å². The zero-order valence-electron chi connectivity index (χ0n) is 16.8. The molecule has 1 atom stereocenters. The number of likely N-dealkylation sites (tertiary alicyclic amines) is 1. The molecule has 156 valence electrons. The van der Waals surface area contributed by atoms with E-state index in [1.165, 1.54) is 17.7 Å². The number of nitrogens with zero attached hydrogens (tertiary/aromatic N) is 5. The lowest BCUT2D eigenvalue weighted by molar-refractivity contribution is 0.0996. The largest absolute Gasteiger partial charge is 0.364 e. The summed E-state index contributed by atoms with van der Waals surface area (Å²) in [5.74, 6) is 0.133. The van der Waals surface area contributed by atoms with Crippen molar-refractivity contribution in [3.63, 3.8) is 0 Å². The molecule has 10 nitrogen and oxygen atoms in total. The van der Waals surface area contributed by atoms with Gasteiger partial charge in [0, 0.05) is 33.2 Å². The molecule has 0 unspecified atom stereocenters. The van der Waals surface area contributed by atoms with Crippen LogP contribution in [-0.4, -0.2) is 69.3 Å². The summed E-state index contributed by atoms with van der Waals surface area (Å²) in [6.07, 6.45) is 4.37. The molecular formula is C18H26N8O2S. The lowest BCUT2D eigenvalue weighted by atomic mass is 10.1. The highest BCUT2D eigenvalue weighted by molar-refractivity contribution is 7.10. The molecule has 0 spiro atoms. The summed E-state index contributed by atoms with van der Waals surface area (Å²) >= 11 is 1.27. The van der Waals surface area contributed by atoms with Gasteiger partial charge in [-0.15, -0.1) is 0 Å². The summed E-state index contributed by atoms with van der Waals surface area (Å²) in [5.41, 5.74) is 6.37. The van der Waals surface area contributed by atoms with Gasteiger partial charge in [-0.25, -0.2) is 14.8 Å². The number of carbonyl (C=O) groups is 2. The molecule has 2 aromatic rings. The second-order valence-electron chi connectivity index (χ2n) is 7.23. The van der Waals surface area contributed by atoms with Gasteiger partial charge in [-0.1, -0.05) is 0 Å². The minimum Gasteiger partial charge on any atom is -0.364 e. The third-order valence-electron chi connectivity index (χ3n) is 4.55. The van der Waals surface area contributed by atoms with E-state index in [4.69, 9.17) is 5.73 Å². The molecule has 1 saturated heterocycles. The number of urea groups is 1. The van der Waals surface area contributed by atoms with E-state index in [1.807, 2.05) is 17.9 Å². The van der Waals surface area contributed by atoms with E-state index in [1.54, 1.807) is 19.0 Å². The van der Waals surface area contributed by atoms with Gasteiger partial charge < -0.3 is 26.2 Å². The van der Waals surface area contributed by atoms with E-state index in [2.05, 4.69) is 25.0 Å². The van der Waals surface area contributed by atoms with Gasteiger partial charge in [-0.05, 0) is 43.8 Å². The Hall–Kier alpha value is -2.95. The minimum atomic E-state index is -0.662. The predicted octanol–water partition coefficient (Wildman–Crippen LogP) is 2.03. The number of carbonyl (C=O) groups excluding carboxylic acids is 2. The Morgan fingerprint density at radius 3 is 2.79 bits per heavy atom. The molecule has 3 rings (SSSR count). The average Bonchev–Trinajstić information content (AvgIpc) is 2.93. The van der Waals surface area contributed by atoms with Crippen LogP contribution in [0, 0.1) is 6.92 Å². The zero-order valence-corrected chi connectivity index (χ0v) is 17.6. The van der Waals surface area contributed by atoms with Crippen molar-refractivity contribution in [3.05, 3.63) is 23.7 Å². The summed E-state index contributed by atoms with van der Waals surface area (Å²) in [5, 5.41) is 7.17. The lowest BCUT2D eigenvalue weighted by Crippen LogP contribution is -2.44. The van der Waals surface area contributed by atoms with E-state index in [0.717, 1.165) is 36.5 Å². The number of nitrogens with two attached hydrogens (primary N) is 1. The van der Waals surface area contributed by atoms with Crippen molar-refractivity contribution in [3.8, 4) is 0 Å². The fraction of sp³-hybridized carbons (Fsp3) is 0.500. The topological polar surface area (TPSA) is 129 Å². The van der Waals surface area contributed by atoms with Crippen LogP contribution in [0.4, 0.5) is 21.4 Å². The van der Waals surface area contributed by atoms with Gasteiger partial charge in [-0.3, -0.25) is 4.79 Å². The average molecular weight is 419 g/mol. The van der Waals surface area contributed by atoms with Crippen molar-refractivity contribution >= 4 is 40.1 Å².